The molecular weight excluding hydrogens is 314 g/mol. The topological polar surface area (TPSA) is 44.4 Å². The van der Waals surface area contributed by atoms with Crippen LogP contribution in [0.5, 0.6) is 0 Å². The fourth-order valence-corrected chi connectivity index (χ4v) is 2.52. The van der Waals surface area contributed by atoms with Crippen molar-refractivity contribution in [1.82, 2.24) is 15.5 Å². The second-order valence-electron chi connectivity index (χ2n) is 5.60. The third kappa shape index (κ3) is 4.90. The minimum absolute atomic E-state index is 0.130. The molecule has 0 saturated carbocycles. The lowest BCUT2D eigenvalue weighted by molar-refractivity contribution is -0.138. The number of alkyl halides is 3. The number of halogens is 4. The fraction of sp³-hybridized carbons (Fsp3) is 0.533. The molecule has 0 bridgehead atoms. The Kier molecular flexibility index (Phi) is 5.59. The minimum Gasteiger partial charge on any atom is -0.351 e. The van der Waals surface area contributed by atoms with Gasteiger partial charge in [-0.05, 0) is 24.6 Å². The Morgan fingerprint density at radius 2 is 2.17 bits per heavy atom. The van der Waals surface area contributed by atoms with Gasteiger partial charge in [-0.1, -0.05) is 6.07 Å². The summed E-state index contributed by atoms with van der Waals surface area (Å²) in [6.07, 6.45) is -4.66. The summed E-state index contributed by atoms with van der Waals surface area (Å²) < 4.78 is 51.7. The number of nitrogens with zero attached hydrogens (tertiary/aromatic N) is 1. The quantitative estimate of drug-likeness (QED) is 0.825. The normalized spacial score (nSPS) is 19.6. The summed E-state index contributed by atoms with van der Waals surface area (Å²) in [4.78, 5) is 13.9. The van der Waals surface area contributed by atoms with Gasteiger partial charge in [0, 0.05) is 32.2 Å². The van der Waals surface area contributed by atoms with Gasteiger partial charge >= 0.3 is 6.18 Å². The van der Waals surface area contributed by atoms with E-state index < -0.39 is 17.6 Å². The molecule has 4 nitrogen and oxygen atoms in total. The standard InChI is InChI=1S/C15H19F4N3O/c1-10-7-20-4-5-22(10)9-14(23)21-8-11-2-3-12(16)6-13(11)15(17,18)19/h2-3,6,10,20H,4-5,7-9H2,1H3,(H,21,23)/t10-/m0/s1. The van der Waals surface area contributed by atoms with E-state index in [2.05, 4.69) is 10.6 Å². The molecule has 0 aromatic heterocycles. The summed E-state index contributed by atoms with van der Waals surface area (Å²) in [5.74, 6) is -1.31. The maximum atomic E-state index is 13.0. The number of benzene rings is 1. The van der Waals surface area contributed by atoms with Crippen LogP contribution in [0.25, 0.3) is 0 Å². The van der Waals surface area contributed by atoms with Gasteiger partial charge in [-0.2, -0.15) is 13.2 Å². The average molecular weight is 333 g/mol. The third-order valence-corrected chi connectivity index (χ3v) is 3.84. The monoisotopic (exact) mass is 333 g/mol. The zero-order valence-corrected chi connectivity index (χ0v) is 12.7. The number of carbonyl (C=O) groups is 1. The summed E-state index contributed by atoms with van der Waals surface area (Å²) in [7, 11) is 0. The lowest BCUT2D eigenvalue weighted by Gasteiger charge is -2.33. The summed E-state index contributed by atoms with van der Waals surface area (Å²) >= 11 is 0. The van der Waals surface area contributed by atoms with Gasteiger partial charge < -0.3 is 10.6 Å². The van der Waals surface area contributed by atoms with Crippen LogP contribution in [0.3, 0.4) is 0 Å². The van der Waals surface area contributed by atoms with Gasteiger partial charge in [-0.25, -0.2) is 4.39 Å². The van der Waals surface area contributed by atoms with E-state index >= 15 is 0 Å². The Balaban J connectivity index is 1.96. The Labute approximate surface area is 131 Å². The van der Waals surface area contributed by atoms with E-state index in [1.54, 1.807) is 0 Å². The van der Waals surface area contributed by atoms with Crippen LogP contribution in [0.4, 0.5) is 17.6 Å². The highest BCUT2D eigenvalue weighted by Crippen LogP contribution is 2.32. The number of piperazine rings is 1. The molecule has 1 aliphatic rings. The van der Waals surface area contributed by atoms with E-state index in [4.69, 9.17) is 0 Å². The van der Waals surface area contributed by atoms with Crippen molar-refractivity contribution in [3.8, 4) is 0 Å². The van der Waals surface area contributed by atoms with Gasteiger partial charge in [0.2, 0.25) is 5.91 Å². The van der Waals surface area contributed by atoms with Crippen LogP contribution in [0.1, 0.15) is 18.1 Å². The van der Waals surface area contributed by atoms with Crippen molar-refractivity contribution in [2.45, 2.75) is 25.7 Å². The molecule has 1 aromatic rings. The number of hydrogen-bond acceptors (Lipinski definition) is 3. The molecular formula is C15H19F4N3O. The van der Waals surface area contributed by atoms with Crippen molar-refractivity contribution >= 4 is 5.91 Å². The molecule has 1 atom stereocenters. The van der Waals surface area contributed by atoms with E-state index in [0.717, 1.165) is 25.2 Å². The molecule has 0 unspecified atom stereocenters. The zero-order valence-electron chi connectivity index (χ0n) is 12.7. The second-order valence-corrected chi connectivity index (χ2v) is 5.60. The number of amides is 1. The lowest BCUT2D eigenvalue weighted by Crippen LogP contribution is -2.52. The van der Waals surface area contributed by atoms with E-state index in [1.165, 1.54) is 0 Å². The second kappa shape index (κ2) is 7.27. The first-order valence-electron chi connectivity index (χ1n) is 7.34. The van der Waals surface area contributed by atoms with Crippen LogP contribution in [-0.4, -0.2) is 43.0 Å². The van der Waals surface area contributed by atoms with Gasteiger partial charge in [-0.15, -0.1) is 0 Å². The molecule has 1 saturated heterocycles. The van der Waals surface area contributed by atoms with Crippen LogP contribution < -0.4 is 10.6 Å². The maximum absolute atomic E-state index is 13.0. The summed E-state index contributed by atoms with van der Waals surface area (Å²) in [5.41, 5.74) is -1.21. The molecule has 0 radical (unpaired) electrons. The van der Waals surface area contributed by atoms with Gasteiger partial charge in [0.15, 0.2) is 0 Å². The van der Waals surface area contributed by atoms with Crippen molar-refractivity contribution in [3.05, 3.63) is 35.1 Å². The number of rotatable bonds is 4. The summed E-state index contributed by atoms with van der Waals surface area (Å²) in [5, 5.41) is 5.67. The average Bonchev–Trinajstić information content (AvgIpc) is 2.47. The zero-order chi connectivity index (χ0) is 17.0. The first-order valence-corrected chi connectivity index (χ1v) is 7.34. The predicted molar refractivity (Wildman–Crippen MR) is 77.2 cm³/mol. The fourth-order valence-electron chi connectivity index (χ4n) is 2.52. The molecule has 23 heavy (non-hydrogen) atoms. The van der Waals surface area contributed by atoms with Crippen molar-refractivity contribution in [3.63, 3.8) is 0 Å². The highest BCUT2D eigenvalue weighted by molar-refractivity contribution is 5.78. The molecule has 2 rings (SSSR count). The third-order valence-electron chi connectivity index (χ3n) is 3.84. The number of carbonyl (C=O) groups excluding carboxylic acids is 1. The molecule has 1 heterocycles. The molecule has 2 N–H and O–H groups in total. The Morgan fingerprint density at radius 1 is 1.43 bits per heavy atom. The molecule has 1 aliphatic heterocycles. The SMILES string of the molecule is C[C@H]1CNCCN1CC(=O)NCc1ccc(F)cc1C(F)(F)F. The van der Waals surface area contributed by atoms with E-state index in [0.29, 0.717) is 12.6 Å². The molecule has 0 spiro atoms. The summed E-state index contributed by atoms with van der Waals surface area (Å²) in [6, 6.07) is 2.63. The van der Waals surface area contributed by atoms with Crippen molar-refractivity contribution < 1.29 is 22.4 Å². The smallest absolute Gasteiger partial charge is 0.351 e. The van der Waals surface area contributed by atoms with Crippen LogP contribution in [0.2, 0.25) is 0 Å². The predicted octanol–water partition coefficient (Wildman–Crippen LogP) is 1.75. The highest BCUT2D eigenvalue weighted by Gasteiger charge is 2.33. The van der Waals surface area contributed by atoms with Crippen LogP contribution in [0, 0.1) is 5.82 Å². The van der Waals surface area contributed by atoms with Gasteiger partial charge in [0.25, 0.3) is 0 Å². The Hall–Kier alpha value is -1.67. The van der Waals surface area contributed by atoms with E-state index in [-0.39, 0.29) is 30.6 Å². The molecule has 8 heteroatoms. The summed E-state index contributed by atoms with van der Waals surface area (Å²) in [6.45, 7) is 4.07. The maximum Gasteiger partial charge on any atom is 0.416 e. The highest BCUT2D eigenvalue weighted by atomic mass is 19.4. The van der Waals surface area contributed by atoms with E-state index in [1.807, 2.05) is 11.8 Å². The molecule has 1 aromatic carbocycles. The first kappa shape index (κ1) is 17.7. The molecule has 128 valence electrons. The van der Waals surface area contributed by atoms with Gasteiger partial charge in [0.05, 0.1) is 12.1 Å². The minimum atomic E-state index is -4.66. The van der Waals surface area contributed by atoms with Crippen LogP contribution in [0.15, 0.2) is 18.2 Å². The van der Waals surface area contributed by atoms with Crippen LogP contribution in [-0.2, 0) is 17.5 Å². The van der Waals surface area contributed by atoms with Gasteiger partial charge in [-0.3, -0.25) is 9.69 Å². The Bertz CT molecular complexity index is 562. The Morgan fingerprint density at radius 3 is 2.83 bits per heavy atom. The molecule has 1 amide bonds. The van der Waals surface area contributed by atoms with E-state index in [9.17, 15) is 22.4 Å². The van der Waals surface area contributed by atoms with Crippen LogP contribution >= 0.6 is 0 Å². The molecule has 0 aliphatic carbocycles. The number of nitrogens with one attached hydrogen (secondary N) is 2. The number of hydrogen-bond donors (Lipinski definition) is 2. The molecule has 1 fully saturated rings. The van der Waals surface area contributed by atoms with Gasteiger partial charge in [0.1, 0.15) is 5.82 Å². The van der Waals surface area contributed by atoms with Crippen molar-refractivity contribution in [1.29, 1.82) is 0 Å². The lowest BCUT2D eigenvalue weighted by atomic mass is 10.1. The van der Waals surface area contributed by atoms with Crippen molar-refractivity contribution in [2.24, 2.45) is 0 Å². The first-order chi connectivity index (χ1) is 10.8. The van der Waals surface area contributed by atoms with Crippen molar-refractivity contribution in [2.75, 3.05) is 26.2 Å². The largest absolute Gasteiger partial charge is 0.416 e.